The molecular weight excluding hydrogens is 360 g/mol. The van der Waals surface area contributed by atoms with Crippen LogP contribution >= 0.6 is 0 Å². The van der Waals surface area contributed by atoms with Crippen LogP contribution in [0.2, 0.25) is 0 Å². The monoisotopic (exact) mass is 390 g/mol. The summed E-state index contributed by atoms with van der Waals surface area (Å²) in [7, 11) is 0. The largest absolute Gasteiger partial charge is 0.492 e. The Kier molecular flexibility index (Phi) is 5.02. The smallest absolute Gasteiger partial charge is 0.330 e. The van der Waals surface area contributed by atoms with E-state index in [1.807, 2.05) is 25.1 Å². The van der Waals surface area contributed by atoms with Crippen LogP contribution in [0.4, 0.5) is 0 Å². The van der Waals surface area contributed by atoms with E-state index in [9.17, 15) is 4.79 Å². The number of carbonyl (C=O) groups is 1. The molecule has 4 rings (SSSR count). The molecule has 0 saturated carbocycles. The maximum Gasteiger partial charge on any atom is 0.330 e. The van der Waals surface area contributed by atoms with E-state index in [-0.39, 0.29) is 16.8 Å². The van der Waals surface area contributed by atoms with Crippen LogP contribution in [0.5, 0.6) is 5.75 Å². The lowest BCUT2D eigenvalue weighted by Crippen LogP contribution is -2.28. The summed E-state index contributed by atoms with van der Waals surface area (Å²) in [6.07, 6.45) is 6.94. The predicted molar refractivity (Wildman–Crippen MR) is 116 cm³/mol. The summed E-state index contributed by atoms with van der Waals surface area (Å²) < 4.78 is 11.0. The minimum atomic E-state index is -0.315. The Labute approximate surface area is 173 Å². The number of hydrogen-bond donors (Lipinski definition) is 0. The van der Waals surface area contributed by atoms with E-state index in [1.165, 1.54) is 41.2 Å². The third-order valence-electron chi connectivity index (χ3n) is 6.53. The van der Waals surface area contributed by atoms with Crippen LogP contribution in [0.3, 0.4) is 0 Å². The number of hydrogen-bond acceptors (Lipinski definition) is 3. The first-order chi connectivity index (χ1) is 13.8. The summed E-state index contributed by atoms with van der Waals surface area (Å²) in [6, 6.07) is 13.1. The molecule has 3 nitrogen and oxygen atoms in total. The molecule has 3 heteroatoms. The summed E-state index contributed by atoms with van der Waals surface area (Å²) in [5.41, 5.74) is 6.49. The van der Waals surface area contributed by atoms with Crippen molar-refractivity contribution in [1.29, 1.82) is 0 Å². The Bertz CT molecular complexity index is 970. The molecule has 1 aliphatic heterocycles. The molecular formula is C26H30O3. The van der Waals surface area contributed by atoms with Gasteiger partial charge in [0, 0.05) is 11.6 Å². The molecule has 2 aromatic rings. The van der Waals surface area contributed by atoms with E-state index < -0.39 is 0 Å². The zero-order chi connectivity index (χ0) is 20.6. The van der Waals surface area contributed by atoms with Crippen molar-refractivity contribution in [3.05, 3.63) is 70.3 Å². The molecule has 29 heavy (non-hydrogen) atoms. The van der Waals surface area contributed by atoms with Crippen molar-refractivity contribution < 1.29 is 14.3 Å². The van der Waals surface area contributed by atoms with E-state index in [2.05, 4.69) is 45.0 Å². The van der Waals surface area contributed by atoms with Gasteiger partial charge in [0.2, 0.25) is 0 Å². The molecule has 1 heterocycles. The van der Waals surface area contributed by atoms with E-state index in [0.717, 1.165) is 17.7 Å². The highest BCUT2D eigenvalue weighted by molar-refractivity contribution is 5.87. The molecule has 0 spiro atoms. The number of aryl methyl sites for hydroxylation is 1. The second-order valence-corrected chi connectivity index (χ2v) is 9.07. The topological polar surface area (TPSA) is 35.5 Å². The Morgan fingerprint density at radius 3 is 2.76 bits per heavy atom. The molecule has 0 N–H and O–H groups in total. The zero-order valence-electron chi connectivity index (χ0n) is 17.9. The van der Waals surface area contributed by atoms with Crippen molar-refractivity contribution in [2.24, 2.45) is 0 Å². The lowest BCUT2D eigenvalue weighted by Gasteiger charge is -2.34. The highest BCUT2D eigenvalue weighted by Gasteiger charge is 2.39. The summed E-state index contributed by atoms with van der Waals surface area (Å²) in [5, 5.41) is 0. The van der Waals surface area contributed by atoms with Crippen molar-refractivity contribution in [3.8, 4) is 5.75 Å². The summed E-state index contributed by atoms with van der Waals surface area (Å²) in [5.74, 6) is 0.614. The maximum absolute atomic E-state index is 11.7. The molecule has 0 radical (unpaired) electrons. The number of rotatable bonds is 4. The van der Waals surface area contributed by atoms with Gasteiger partial charge in [-0.25, -0.2) is 4.79 Å². The van der Waals surface area contributed by atoms with Gasteiger partial charge in [-0.3, -0.25) is 0 Å². The maximum atomic E-state index is 11.7. The normalized spacial score (nSPS) is 22.1. The molecule has 2 aromatic carbocycles. The molecule has 0 aromatic heterocycles. The standard InChI is InChI=1S/C26H30O3/c1-5-28-24(27)13-9-18-8-12-23-22(15-18)26(4,17-29-23)20-10-11-21-19(16-20)7-6-14-25(21,2)3/h8-13,15-16H,5-7,14,17H2,1-4H3/b13-9+. The first-order valence-corrected chi connectivity index (χ1v) is 10.6. The first-order valence-electron chi connectivity index (χ1n) is 10.6. The quantitative estimate of drug-likeness (QED) is 0.505. The van der Waals surface area contributed by atoms with Crippen molar-refractivity contribution in [3.63, 3.8) is 0 Å². The summed E-state index contributed by atoms with van der Waals surface area (Å²) in [4.78, 5) is 11.7. The van der Waals surface area contributed by atoms with E-state index in [4.69, 9.17) is 9.47 Å². The summed E-state index contributed by atoms with van der Waals surface area (Å²) >= 11 is 0. The van der Waals surface area contributed by atoms with Crippen LogP contribution < -0.4 is 4.74 Å². The van der Waals surface area contributed by atoms with Crippen LogP contribution in [0.25, 0.3) is 6.08 Å². The van der Waals surface area contributed by atoms with Crippen molar-refractivity contribution >= 4 is 12.0 Å². The zero-order valence-corrected chi connectivity index (χ0v) is 17.9. The third-order valence-corrected chi connectivity index (χ3v) is 6.53. The second kappa shape index (κ2) is 7.37. The van der Waals surface area contributed by atoms with Gasteiger partial charge in [0.25, 0.3) is 0 Å². The number of carbonyl (C=O) groups excluding carboxylic acids is 1. The SMILES string of the molecule is CCOC(=O)/C=C/c1ccc2c(c1)C(C)(c1ccc3c(c1)CCCC3(C)C)CO2. The lowest BCUT2D eigenvalue weighted by molar-refractivity contribution is -0.137. The minimum Gasteiger partial charge on any atom is -0.492 e. The van der Waals surface area contributed by atoms with E-state index >= 15 is 0 Å². The Balaban J connectivity index is 1.69. The average molecular weight is 391 g/mol. The highest BCUT2D eigenvalue weighted by Crippen LogP contribution is 2.46. The van der Waals surface area contributed by atoms with Crippen LogP contribution in [-0.2, 0) is 26.8 Å². The minimum absolute atomic E-state index is 0.195. The van der Waals surface area contributed by atoms with E-state index in [1.54, 1.807) is 0 Å². The van der Waals surface area contributed by atoms with E-state index in [0.29, 0.717) is 13.2 Å². The fourth-order valence-corrected chi connectivity index (χ4v) is 4.76. The molecule has 1 aliphatic carbocycles. The lowest BCUT2D eigenvalue weighted by atomic mass is 9.70. The van der Waals surface area contributed by atoms with Crippen molar-refractivity contribution in [2.45, 2.75) is 57.8 Å². The molecule has 152 valence electrons. The van der Waals surface area contributed by atoms with Gasteiger partial charge in [0.05, 0.1) is 12.0 Å². The number of benzene rings is 2. The van der Waals surface area contributed by atoms with Crippen LogP contribution in [-0.4, -0.2) is 19.2 Å². The van der Waals surface area contributed by atoms with Gasteiger partial charge in [-0.05, 0) is 79.0 Å². The Morgan fingerprint density at radius 2 is 1.97 bits per heavy atom. The van der Waals surface area contributed by atoms with Crippen LogP contribution in [0.15, 0.2) is 42.5 Å². The van der Waals surface area contributed by atoms with Gasteiger partial charge in [-0.1, -0.05) is 38.1 Å². The molecule has 1 atom stereocenters. The Morgan fingerprint density at radius 1 is 1.14 bits per heavy atom. The number of ether oxygens (including phenoxy) is 2. The van der Waals surface area contributed by atoms with Gasteiger partial charge >= 0.3 is 5.97 Å². The number of fused-ring (bicyclic) bond motifs is 2. The third kappa shape index (κ3) is 3.59. The molecule has 0 saturated heterocycles. The molecule has 2 aliphatic rings. The molecule has 1 unspecified atom stereocenters. The van der Waals surface area contributed by atoms with Crippen LogP contribution in [0, 0.1) is 0 Å². The van der Waals surface area contributed by atoms with Crippen LogP contribution in [0.1, 0.15) is 68.4 Å². The summed E-state index contributed by atoms with van der Waals surface area (Å²) in [6.45, 7) is 9.78. The number of esters is 1. The second-order valence-electron chi connectivity index (χ2n) is 9.07. The molecule has 0 bridgehead atoms. The molecule has 0 fully saturated rings. The predicted octanol–water partition coefficient (Wildman–Crippen LogP) is 5.58. The van der Waals surface area contributed by atoms with Gasteiger partial charge < -0.3 is 9.47 Å². The first kappa shape index (κ1) is 19.8. The van der Waals surface area contributed by atoms with Crippen molar-refractivity contribution in [2.75, 3.05) is 13.2 Å². The fourth-order valence-electron chi connectivity index (χ4n) is 4.76. The van der Waals surface area contributed by atoms with Crippen molar-refractivity contribution in [1.82, 2.24) is 0 Å². The van der Waals surface area contributed by atoms with Gasteiger partial charge in [-0.15, -0.1) is 0 Å². The van der Waals surface area contributed by atoms with Gasteiger partial charge in [-0.2, -0.15) is 0 Å². The average Bonchev–Trinajstić information content (AvgIpc) is 3.04. The fraction of sp³-hybridized carbons (Fsp3) is 0.423. The highest BCUT2D eigenvalue weighted by atomic mass is 16.5. The van der Waals surface area contributed by atoms with Gasteiger partial charge in [0.1, 0.15) is 12.4 Å². The Hall–Kier alpha value is -2.55. The van der Waals surface area contributed by atoms with Gasteiger partial charge in [0.15, 0.2) is 0 Å². The molecule has 0 amide bonds.